The maximum Gasteiger partial charge on any atom is 0.308 e. The monoisotopic (exact) mass is 232 g/mol. The van der Waals surface area contributed by atoms with Crippen LogP contribution >= 0.6 is 0 Å². The van der Waals surface area contributed by atoms with Crippen LogP contribution in [0, 0.1) is 6.92 Å². The van der Waals surface area contributed by atoms with E-state index in [1.54, 1.807) is 6.92 Å². The molecule has 7 heteroatoms. The Balaban J connectivity index is 3.16. The lowest BCUT2D eigenvalue weighted by Crippen LogP contribution is -2.29. The molecular weight excluding hydrogens is 216 g/mol. The molecule has 0 spiro atoms. The molecule has 0 radical (unpaired) electrons. The van der Waals surface area contributed by atoms with Crippen LogP contribution in [0.25, 0.3) is 0 Å². The maximum absolute atomic E-state index is 11.8. The molecule has 0 aliphatic rings. The molecule has 15 heavy (non-hydrogen) atoms. The predicted octanol–water partition coefficient (Wildman–Crippen LogP) is -0.653. The molecule has 0 aliphatic carbocycles. The third-order valence-corrected chi connectivity index (χ3v) is 3.79. The van der Waals surface area contributed by atoms with Crippen LogP contribution in [0.2, 0.25) is 0 Å². The number of hydrogen-bond donors (Lipinski definition) is 1. The standard InChI is InChI=1S/C8H16N4O2S/c1-7-10-8(4-5-9)6-12(7)15(13,14)11(2)3/h6H,4-5,9H2,1-3H3. The highest BCUT2D eigenvalue weighted by atomic mass is 32.2. The van der Waals surface area contributed by atoms with Gasteiger partial charge >= 0.3 is 10.2 Å². The second kappa shape index (κ2) is 4.30. The molecule has 1 heterocycles. The quantitative estimate of drug-likeness (QED) is 0.747. The summed E-state index contributed by atoms with van der Waals surface area (Å²) >= 11 is 0. The van der Waals surface area contributed by atoms with Crippen molar-refractivity contribution in [2.24, 2.45) is 5.73 Å². The molecule has 1 aromatic heterocycles. The first-order valence-electron chi connectivity index (χ1n) is 4.57. The fourth-order valence-corrected chi connectivity index (χ4v) is 2.17. The predicted molar refractivity (Wildman–Crippen MR) is 57.7 cm³/mol. The zero-order valence-electron chi connectivity index (χ0n) is 9.14. The second-order valence-electron chi connectivity index (χ2n) is 3.40. The highest BCUT2D eigenvalue weighted by Crippen LogP contribution is 2.08. The van der Waals surface area contributed by atoms with Crippen molar-refractivity contribution in [1.29, 1.82) is 0 Å². The molecule has 86 valence electrons. The van der Waals surface area contributed by atoms with Crippen molar-refractivity contribution in [2.75, 3.05) is 20.6 Å². The Morgan fingerprint density at radius 2 is 2.13 bits per heavy atom. The lowest BCUT2D eigenvalue weighted by atomic mass is 10.3. The Hall–Kier alpha value is -0.920. The van der Waals surface area contributed by atoms with Gasteiger partial charge in [-0.3, -0.25) is 0 Å². The number of imidazole rings is 1. The molecule has 0 fully saturated rings. The van der Waals surface area contributed by atoms with E-state index in [0.717, 1.165) is 8.28 Å². The summed E-state index contributed by atoms with van der Waals surface area (Å²) in [7, 11) is -0.491. The highest BCUT2D eigenvalue weighted by Gasteiger charge is 2.19. The molecular formula is C8H16N4O2S. The van der Waals surface area contributed by atoms with Crippen LogP contribution in [0.3, 0.4) is 0 Å². The zero-order chi connectivity index (χ0) is 11.6. The zero-order valence-corrected chi connectivity index (χ0v) is 9.95. The van der Waals surface area contributed by atoms with Gasteiger partial charge in [-0.2, -0.15) is 12.7 Å². The maximum atomic E-state index is 11.8. The summed E-state index contributed by atoms with van der Waals surface area (Å²) in [5, 5.41) is 0. The van der Waals surface area contributed by atoms with E-state index < -0.39 is 10.2 Å². The van der Waals surface area contributed by atoms with E-state index >= 15 is 0 Å². The van der Waals surface area contributed by atoms with Gasteiger partial charge in [0, 0.05) is 26.7 Å². The van der Waals surface area contributed by atoms with Crippen molar-refractivity contribution >= 4 is 10.2 Å². The largest absolute Gasteiger partial charge is 0.330 e. The van der Waals surface area contributed by atoms with E-state index in [9.17, 15) is 8.42 Å². The molecule has 0 amide bonds. The molecule has 0 aromatic carbocycles. The van der Waals surface area contributed by atoms with Crippen molar-refractivity contribution in [3.8, 4) is 0 Å². The van der Waals surface area contributed by atoms with Crippen molar-refractivity contribution in [3.05, 3.63) is 17.7 Å². The van der Waals surface area contributed by atoms with E-state index in [1.165, 1.54) is 20.3 Å². The first-order valence-corrected chi connectivity index (χ1v) is 5.97. The Kier molecular flexibility index (Phi) is 3.48. The average molecular weight is 232 g/mol. The molecule has 0 saturated carbocycles. The molecule has 6 nitrogen and oxygen atoms in total. The Bertz CT molecular complexity index is 435. The lowest BCUT2D eigenvalue weighted by Gasteiger charge is -2.12. The molecule has 0 aliphatic heterocycles. The summed E-state index contributed by atoms with van der Waals surface area (Å²) in [6.45, 7) is 2.11. The van der Waals surface area contributed by atoms with Crippen LogP contribution in [0.15, 0.2) is 6.20 Å². The minimum absolute atomic E-state index is 0.451. The van der Waals surface area contributed by atoms with Gasteiger partial charge in [-0.05, 0) is 13.5 Å². The number of nitrogens with zero attached hydrogens (tertiary/aromatic N) is 3. The normalized spacial score (nSPS) is 12.3. The number of aromatic nitrogens is 2. The highest BCUT2D eigenvalue weighted by molar-refractivity contribution is 7.87. The van der Waals surface area contributed by atoms with E-state index in [1.807, 2.05) is 0 Å². The van der Waals surface area contributed by atoms with Crippen molar-refractivity contribution < 1.29 is 8.42 Å². The fraction of sp³-hybridized carbons (Fsp3) is 0.625. The van der Waals surface area contributed by atoms with Gasteiger partial charge in [-0.1, -0.05) is 0 Å². The molecule has 0 saturated heterocycles. The third kappa shape index (κ3) is 2.36. The third-order valence-electron chi connectivity index (χ3n) is 2.00. The van der Waals surface area contributed by atoms with Crippen molar-refractivity contribution in [3.63, 3.8) is 0 Å². The summed E-state index contributed by atoms with van der Waals surface area (Å²) < 4.78 is 25.9. The second-order valence-corrected chi connectivity index (χ2v) is 5.42. The van der Waals surface area contributed by atoms with Crippen LogP contribution in [0.4, 0.5) is 0 Å². The molecule has 0 atom stereocenters. The Morgan fingerprint density at radius 1 is 1.53 bits per heavy atom. The number of rotatable bonds is 4. The van der Waals surface area contributed by atoms with Gasteiger partial charge in [0.25, 0.3) is 0 Å². The topological polar surface area (TPSA) is 81.2 Å². The number of hydrogen-bond acceptors (Lipinski definition) is 4. The average Bonchev–Trinajstić information content (AvgIpc) is 2.47. The van der Waals surface area contributed by atoms with Gasteiger partial charge in [0.1, 0.15) is 5.82 Å². The van der Waals surface area contributed by atoms with Gasteiger partial charge < -0.3 is 5.73 Å². The summed E-state index contributed by atoms with van der Waals surface area (Å²) in [6, 6.07) is 0. The Labute approximate surface area is 89.9 Å². The first-order chi connectivity index (χ1) is 6.89. The molecule has 0 bridgehead atoms. The molecule has 2 N–H and O–H groups in total. The number of nitrogens with two attached hydrogens (primary N) is 1. The van der Waals surface area contributed by atoms with Gasteiger partial charge in [-0.15, -0.1) is 0 Å². The summed E-state index contributed by atoms with van der Waals surface area (Å²) in [5.41, 5.74) is 6.07. The van der Waals surface area contributed by atoms with Crippen LogP contribution in [-0.2, 0) is 16.6 Å². The summed E-state index contributed by atoms with van der Waals surface area (Å²) in [6.07, 6.45) is 2.09. The van der Waals surface area contributed by atoms with Gasteiger partial charge in [0.15, 0.2) is 0 Å². The molecule has 0 unspecified atom stereocenters. The lowest BCUT2D eigenvalue weighted by molar-refractivity contribution is 0.509. The van der Waals surface area contributed by atoms with Crippen LogP contribution in [0.5, 0.6) is 0 Å². The molecule has 1 rings (SSSR count). The smallest absolute Gasteiger partial charge is 0.308 e. The van der Waals surface area contributed by atoms with Gasteiger partial charge in [-0.25, -0.2) is 8.96 Å². The van der Waals surface area contributed by atoms with Crippen LogP contribution in [-0.4, -0.2) is 42.3 Å². The van der Waals surface area contributed by atoms with E-state index in [-0.39, 0.29) is 0 Å². The summed E-state index contributed by atoms with van der Waals surface area (Å²) in [5.74, 6) is 0.451. The van der Waals surface area contributed by atoms with E-state index in [2.05, 4.69) is 4.98 Å². The SMILES string of the molecule is Cc1nc(CCN)cn1S(=O)(=O)N(C)C. The minimum atomic E-state index is -3.46. The number of aryl methyl sites for hydroxylation is 1. The van der Waals surface area contributed by atoms with E-state index in [4.69, 9.17) is 5.73 Å². The van der Waals surface area contributed by atoms with Gasteiger partial charge in [0.2, 0.25) is 0 Å². The minimum Gasteiger partial charge on any atom is -0.330 e. The first kappa shape index (κ1) is 12.2. The van der Waals surface area contributed by atoms with Crippen LogP contribution in [0.1, 0.15) is 11.5 Å². The molecule has 1 aromatic rings. The fourth-order valence-electron chi connectivity index (χ4n) is 1.19. The van der Waals surface area contributed by atoms with E-state index in [0.29, 0.717) is 24.5 Å². The summed E-state index contributed by atoms with van der Waals surface area (Å²) in [4.78, 5) is 4.13. The van der Waals surface area contributed by atoms with Crippen molar-refractivity contribution in [1.82, 2.24) is 13.3 Å². The van der Waals surface area contributed by atoms with Gasteiger partial charge in [0.05, 0.1) is 5.69 Å². The van der Waals surface area contributed by atoms with Crippen LogP contribution < -0.4 is 5.73 Å². The van der Waals surface area contributed by atoms with Crippen molar-refractivity contribution in [2.45, 2.75) is 13.3 Å². The Morgan fingerprint density at radius 3 is 2.60 bits per heavy atom.